The molecule has 4 aromatic rings. The molecule has 1 unspecified atom stereocenters. The number of primary amides is 1. The van der Waals surface area contributed by atoms with Gasteiger partial charge in [-0.1, -0.05) is 54.4 Å². The number of pyridine rings is 1. The summed E-state index contributed by atoms with van der Waals surface area (Å²) in [5.41, 5.74) is 7.11. The monoisotopic (exact) mass is 490 g/mol. The third kappa shape index (κ3) is 4.97. The fourth-order valence-electron chi connectivity index (χ4n) is 4.75. The first-order valence-electron chi connectivity index (χ1n) is 11.8. The topological polar surface area (TPSA) is 109 Å². The van der Waals surface area contributed by atoms with E-state index in [4.69, 9.17) is 22.1 Å². The molecule has 1 saturated heterocycles. The van der Waals surface area contributed by atoms with Gasteiger partial charge in [-0.05, 0) is 60.3 Å². The van der Waals surface area contributed by atoms with Crippen LogP contribution in [0.3, 0.4) is 0 Å². The second-order valence-corrected chi connectivity index (χ2v) is 9.28. The number of H-pyrrole nitrogens is 1. The van der Waals surface area contributed by atoms with E-state index in [1.807, 2.05) is 42.5 Å². The van der Waals surface area contributed by atoms with E-state index in [-0.39, 0.29) is 10.6 Å². The van der Waals surface area contributed by atoms with E-state index in [1.54, 1.807) is 12.1 Å². The van der Waals surface area contributed by atoms with Gasteiger partial charge in [-0.25, -0.2) is 4.79 Å². The van der Waals surface area contributed by atoms with Gasteiger partial charge in [0.15, 0.2) is 0 Å². The first-order chi connectivity index (χ1) is 17.0. The van der Waals surface area contributed by atoms with Crippen molar-refractivity contribution in [1.29, 1.82) is 0 Å². The lowest BCUT2D eigenvalue weighted by atomic mass is 9.99. The van der Waals surface area contributed by atoms with Crippen LogP contribution in [0.5, 0.6) is 5.75 Å². The maximum atomic E-state index is 13.3. The molecule has 3 aromatic carbocycles. The maximum Gasteiger partial charge on any atom is 0.316 e. The molecule has 35 heavy (non-hydrogen) atoms. The number of benzene rings is 3. The third-order valence-electron chi connectivity index (χ3n) is 6.48. The molecule has 180 valence electrons. The fraction of sp³-hybridized carbons (Fsp3) is 0.259. The Balaban J connectivity index is 1.63. The Kier molecular flexibility index (Phi) is 6.61. The Hall–Kier alpha value is -3.55. The van der Waals surface area contributed by atoms with Crippen molar-refractivity contribution in [2.45, 2.75) is 31.7 Å². The lowest BCUT2D eigenvalue weighted by Crippen LogP contribution is -2.35. The largest absolute Gasteiger partial charge is 0.492 e. The molecule has 1 atom stereocenters. The molecule has 0 spiro atoms. The number of aromatic nitrogens is 1. The van der Waals surface area contributed by atoms with E-state index in [2.05, 4.69) is 15.6 Å². The number of urea groups is 1. The number of hydrogen-bond acceptors (Lipinski definition) is 4. The molecule has 2 heterocycles. The van der Waals surface area contributed by atoms with Crippen molar-refractivity contribution < 1.29 is 9.53 Å². The molecule has 0 saturated carbocycles. The number of nitrogens with two attached hydrogens (primary N) is 1. The first-order valence-corrected chi connectivity index (χ1v) is 12.2. The van der Waals surface area contributed by atoms with Crippen LogP contribution < -0.4 is 26.7 Å². The molecule has 8 heteroatoms. The molecule has 1 aliphatic rings. The lowest BCUT2D eigenvalue weighted by Gasteiger charge is -2.24. The predicted octanol–water partition coefficient (Wildman–Crippen LogP) is 5.40. The number of aromatic amines is 1. The highest BCUT2D eigenvalue weighted by Crippen LogP contribution is 2.38. The zero-order valence-electron chi connectivity index (χ0n) is 19.2. The minimum absolute atomic E-state index is 0.266. The number of anilines is 1. The molecule has 7 nitrogen and oxygen atoms in total. The van der Waals surface area contributed by atoms with Crippen LogP contribution in [0.4, 0.5) is 10.5 Å². The van der Waals surface area contributed by atoms with Crippen molar-refractivity contribution in [2.24, 2.45) is 5.73 Å². The zero-order chi connectivity index (χ0) is 24.4. The van der Waals surface area contributed by atoms with Crippen LogP contribution in [0, 0.1) is 0 Å². The van der Waals surface area contributed by atoms with Crippen LogP contribution in [-0.2, 0) is 0 Å². The van der Waals surface area contributed by atoms with Crippen molar-refractivity contribution in [1.82, 2.24) is 10.3 Å². The molecule has 5 N–H and O–H groups in total. The second-order valence-electron chi connectivity index (χ2n) is 8.87. The Morgan fingerprint density at radius 3 is 2.71 bits per heavy atom. The summed E-state index contributed by atoms with van der Waals surface area (Å²) >= 11 is 6.34. The molecule has 0 radical (unpaired) electrons. The molecule has 0 aliphatic carbocycles. The van der Waals surface area contributed by atoms with Crippen molar-refractivity contribution in [3.8, 4) is 16.9 Å². The average molecular weight is 491 g/mol. The highest BCUT2D eigenvalue weighted by Gasteiger charge is 2.20. The van der Waals surface area contributed by atoms with Crippen LogP contribution in [0.2, 0.25) is 5.02 Å². The lowest BCUT2D eigenvalue weighted by molar-refractivity contribution is 0.259. The van der Waals surface area contributed by atoms with E-state index in [1.165, 1.54) is 12.8 Å². The number of ether oxygens (including phenoxy) is 1. The number of rotatable bonds is 6. The summed E-state index contributed by atoms with van der Waals surface area (Å²) in [7, 11) is 0. The Bertz CT molecular complexity index is 1460. The van der Waals surface area contributed by atoms with Gasteiger partial charge >= 0.3 is 6.03 Å². The maximum absolute atomic E-state index is 13.3. The molecule has 5 rings (SSSR count). The summed E-state index contributed by atoms with van der Waals surface area (Å²) in [6, 6.07) is 16.9. The summed E-state index contributed by atoms with van der Waals surface area (Å²) in [6.07, 6.45) is 4.33. The highest BCUT2D eigenvalue weighted by atomic mass is 35.5. The number of fused-ring (bicyclic) bond motifs is 2. The highest BCUT2D eigenvalue weighted by molar-refractivity contribution is 6.34. The van der Waals surface area contributed by atoms with Gasteiger partial charge in [0, 0.05) is 11.4 Å². The predicted molar refractivity (Wildman–Crippen MR) is 141 cm³/mol. The molecule has 1 aromatic heterocycles. The van der Waals surface area contributed by atoms with Gasteiger partial charge in [0.2, 0.25) is 0 Å². The van der Waals surface area contributed by atoms with Crippen molar-refractivity contribution >= 4 is 45.0 Å². The summed E-state index contributed by atoms with van der Waals surface area (Å²) in [5.74, 6) is 0.457. The number of carbonyl (C=O) groups is 1. The smallest absolute Gasteiger partial charge is 0.316 e. The molecular formula is C27H27ClN4O3. The van der Waals surface area contributed by atoms with Gasteiger partial charge in [0.1, 0.15) is 5.75 Å². The Morgan fingerprint density at radius 2 is 1.94 bits per heavy atom. The first kappa shape index (κ1) is 23.2. The van der Waals surface area contributed by atoms with Crippen molar-refractivity contribution in [3.05, 3.63) is 70.0 Å². The summed E-state index contributed by atoms with van der Waals surface area (Å²) in [5, 5.41) is 9.09. The molecule has 0 bridgehead atoms. The Labute approximate surface area is 207 Å². The summed E-state index contributed by atoms with van der Waals surface area (Å²) in [6.45, 7) is 1.46. The standard InChI is InChI=1S/C27H27ClN4O3/c28-21-15-22-20(14-23(21)32-27(29)34)25(35-12-10-19-7-3-4-11-30-19)24(26(33)31-22)18-9-8-16-5-1-2-6-17(16)13-18/h1-2,5-6,8-9,13-15,19,30H,3-4,7,10-12H2,(H,31,33)(H3,29,32,34). The number of carbonyl (C=O) groups excluding carboxylic acids is 1. The van der Waals surface area contributed by atoms with Gasteiger partial charge in [-0.2, -0.15) is 0 Å². The summed E-state index contributed by atoms with van der Waals surface area (Å²) in [4.78, 5) is 27.8. The van der Waals surface area contributed by atoms with Crippen LogP contribution in [0.1, 0.15) is 25.7 Å². The third-order valence-corrected chi connectivity index (χ3v) is 6.79. The molecule has 1 fully saturated rings. The molecule has 1 aliphatic heterocycles. The number of amides is 2. The molecular weight excluding hydrogens is 464 g/mol. The van der Waals surface area contributed by atoms with Gasteiger partial charge in [0.05, 0.1) is 28.4 Å². The van der Waals surface area contributed by atoms with Gasteiger partial charge in [0.25, 0.3) is 5.56 Å². The van der Waals surface area contributed by atoms with E-state index in [9.17, 15) is 9.59 Å². The van der Waals surface area contributed by atoms with Crippen molar-refractivity contribution in [3.63, 3.8) is 0 Å². The van der Waals surface area contributed by atoms with Crippen LogP contribution in [-0.4, -0.2) is 30.2 Å². The van der Waals surface area contributed by atoms with Crippen LogP contribution in [0.25, 0.3) is 32.8 Å². The van der Waals surface area contributed by atoms with Gasteiger partial charge < -0.3 is 26.1 Å². The summed E-state index contributed by atoms with van der Waals surface area (Å²) < 4.78 is 6.35. The minimum Gasteiger partial charge on any atom is -0.492 e. The SMILES string of the molecule is NC(=O)Nc1cc2c(OCCC3CCCCN3)c(-c3ccc4ccccc4c3)c(=O)[nH]c2cc1Cl. The van der Waals surface area contributed by atoms with Crippen LogP contribution in [0.15, 0.2) is 59.4 Å². The van der Waals surface area contributed by atoms with E-state index in [0.717, 1.165) is 35.7 Å². The second kappa shape index (κ2) is 9.98. The number of nitrogens with one attached hydrogen (secondary N) is 3. The zero-order valence-corrected chi connectivity index (χ0v) is 20.0. The van der Waals surface area contributed by atoms with E-state index >= 15 is 0 Å². The molecule has 2 amide bonds. The van der Waals surface area contributed by atoms with Gasteiger partial charge in [-0.15, -0.1) is 0 Å². The number of hydrogen-bond donors (Lipinski definition) is 4. The Morgan fingerprint density at radius 1 is 1.11 bits per heavy atom. The van der Waals surface area contributed by atoms with Crippen molar-refractivity contribution in [2.75, 3.05) is 18.5 Å². The van der Waals surface area contributed by atoms with E-state index in [0.29, 0.717) is 40.6 Å². The van der Waals surface area contributed by atoms with Crippen LogP contribution >= 0.6 is 11.6 Å². The quantitative estimate of drug-likeness (QED) is 0.290. The normalized spacial score (nSPS) is 15.9. The number of piperidine rings is 1. The average Bonchev–Trinajstić information content (AvgIpc) is 2.85. The number of halogens is 1. The van der Waals surface area contributed by atoms with Gasteiger partial charge in [-0.3, -0.25) is 4.79 Å². The fourth-order valence-corrected chi connectivity index (χ4v) is 4.96. The minimum atomic E-state index is -0.726. The van der Waals surface area contributed by atoms with E-state index < -0.39 is 6.03 Å².